The van der Waals surface area contributed by atoms with Gasteiger partial charge in [0.15, 0.2) is 11.5 Å². The monoisotopic (exact) mass is 522 g/mol. The molecule has 3 N–H and O–H groups in total. The predicted molar refractivity (Wildman–Crippen MR) is 140 cm³/mol. The molecule has 1 unspecified atom stereocenters. The Balaban J connectivity index is 0.00000289. The molecule has 198 valence electrons. The maximum atomic E-state index is 10.1. The van der Waals surface area contributed by atoms with E-state index in [9.17, 15) is 10.2 Å². The van der Waals surface area contributed by atoms with Crippen molar-refractivity contribution >= 4 is 24.8 Å². The van der Waals surface area contributed by atoms with Crippen molar-refractivity contribution in [2.24, 2.45) is 0 Å². The number of ether oxygens (including phenoxy) is 3. The van der Waals surface area contributed by atoms with Gasteiger partial charge in [-0.2, -0.15) is 0 Å². The normalized spacial score (nSPS) is 23.8. The number of rotatable bonds is 12. The molecule has 7 nitrogen and oxygen atoms in total. The van der Waals surface area contributed by atoms with E-state index in [1.165, 1.54) is 12.8 Å². The molecule has 4 atom stereocenters. The molecule has 1 aliphatic heterocycles. The van der Waals surface area contributed by atoms with Gasteiger partial charge >= 0.3 is 0 Å². The van der Waals surface area contributed by atoms with Crippen LogP contribution in [0.4, 0.5) is 0 Å². The molecule has 1 saturated carbocycles. The van der Waals surface area contributed by atoms with Crippen molar-refractivity contribution in [3.8, 4) is 11.5 Å². The molecule has 1 heterocycles. The van der Waals surface area contributed by atoms with Gasteiger partial charge in [-0.1, -0.05) is 32.8 Å². The van der Waals surface area contributed by atoms with Crippen LogP contribution in [0.2, 0.25) is 0 Å². The fourth-order valence-electron chi connectivity index (χ4n) is 4.69. The highest BCUT2D eigenvalue weighted by molar-refractivity contribution is 5.85. The Labute approximate surface area is 217 Å². The zero-order valence-corrected chi connectivity index (χ0v) is 22.4. The summed E-state index contributed by atoms with van der Waals surface area (Å²) in [6.07, 6.45) is 5.91. The van der Waals surface area contributed by atoms with E-state index in [-0.39, 0.29) is 43.6 Å². The Morgan fingerprint density at radius 2 is 1.88 bits per heavy atom. The van der Waals surface area contributed by atoms with Gasteiger partial charge in [0, 0.05) is 31.7 Å². The summed E-state index contributed by atoms with van der Waals surface area (Å²) in [5.74, 6) is 1.31. The summed E-state index contributed by atoms with van der Waals surface area (Å²) >= 11 is 0. The fourth-order valence-corrected chi connectivity index (χ4v) is 4.69. The molecule has 0 amide bonds. The van der Waals surface area contributed by atoms with E-state index in [0.29, 0.717) is 36.7 Å². The molecule has 0 radical (unpaired) electrons. The second-order valence-electron chi connectivity index (χ2n) is 9.46. The lowest BCUT2D eigenvalue weighted by Gasteiger charge is -2.37. The third-order valence-electron chi connectivity index (χ3n) is 6.48. The third kappa shape index (κ3) is 9.69. The maximum absolute atomic E-state index is 10.1. The molecule has 1 aliphatic carbocycles. The van der Waals surface area contributed by atoms with Gasteiger partial charge < -0.3 is 29.7 Å². The summed E-state index contributed by atoms with van der Waals surface area (Å²) in [4.78, 5) is 2.43. The van der Waals surface area contributed by atoms with Gasteiger partial charge in [-0.25, -0.2) is 0 Å². The van der Waals surface area contributed by atoms with E-state index in [1.54, 1.807) is 7.11 Å². The van der Waals surface area contributed by atoms with Crippen LogP contribution < -0.4 is 14.8 Å². The minimum atomic E-state index is -0.574. The zero-order chi connectivity index (χ0) is 22.9. The van der Waals surface area contributed by atoms with Crippen molar-refractivity contribution in [2.45, 2.75) is 82.8 Å². The van der Waals surface area contributed by atoms with Crippen LogP contribution in [0.1, 0.15) is 51.5 Å². The number of nitrogens with one attached hydrogen (secondary N) is 1. The number of benzene rings is 1. The lowest BCUT2D eigenvalue weighted by Crippen LogP contribution is -2.46. The van der Waals surface area contributed by atoms with Gasteiger partial charge in [0.25, 0.3) is 0 Å². The van der Waals surface area contributed by atoms with Crippen LogP contribution in [0.15, 0.2) is 18.2 Å². The van der Waals surface area contributed by atoms with E-state index < -0.39 is 6.10 Å². The quantitative estimate of drug-likeness (QED) is 0.388. The Morgan fingerprint density at radius 1 is 1.12 bits per heavy atom. The molecule has 0 bridgehead atoms. The molecule has 2 fully saturated rings. The molecule has 0 aromatic heterocycles. The highest BCUT2D eigenvalue weighted by atomic mass is 35.5. The summed E-state index contributed by atoms with van der Waals surface area (Å²) in [6, 6.07) is 6.70. The predicted octanol–water partition coefficient (Wildman–Crippen LogP) is 3.21. The van der Waals surface area contributed by atoms with Crippen molar-refractivity contribution in [3.05, 3.63) is 23.8 Å². The van der Waals surface area contributed by atoms with Gasteiger partial charge in [-0.05, 0) is 43.4 Å². The summed E-state index contributed by atoms with van der Waals surface area (Å²) in [5.41, 5.74) is 1.14. The molecule has 3 rings (SSSR count). The van der Waals surface area contributed by atoms with Gasteiger partial charge in [-0.3, -0.25) is 4.90 Å². The minimum absolute atomic E-state index is 0. The molecule has 1 aromatic rings. The average Bonchev–Trinajstić information content (AvgIpc) is 3.23. The van der Waals surface area contributed by atoms with Gasteiger partial charge in [-0.15, -0.1) is 24.8 Å². The minimum Gasteiger partial charge on any atom is -0.493 e. The summed E-state index contributed by atoms with van der Waals surface area (Å²) < 4.78 is 17.6. The Morgan fingerprint density at radius 3 is 2.56 bits per heavy atom. The first-order chi connectivity index (χ1) is 15.5. The zero-order valence-electron chi connectivity index (χ0n) is 20.8. The number of halogens is 2. The van der Waals surface area contributed by atoms with Crippen LogP contribution in [0, 0.1) is 0 Å². The van der Waals surface area contributed by atoms with Crippen molar-refractivity contribution in [3.63, 3.8) is 0 Å². The van der Waals surface area contributed by atoms with Gasteiger partial charge in [0.2, 0.25) is 0 Å². The number of nitrogens with zero attached hydrogens (tertiary/aromatic N) is 1. The van der Waals surface area contributed by atoms with E-state index in [4.69, 9.17) is 14.2 Å². The summed E-state index contributed by atoms with van der Waals surface area (Å²) in [5, 5.41) is 23.2. The number of methoxy groups -OCH3 is 1. The number of β-amino-alcohol motifs (C(OH)–C–C–N with tert-alkyl or cyclic N) is 1. The van der Waals surface area contributed by atoms with Crippen molar-refractivity contribution in [2.75, 3.05) is 40.0 Å². The van der Waals surface area contributed by atoms with E-state index in [1.807, 2.05) is 32.0 Å². The fraction of sp³-hybridized carbons (Fsp3) is 0.760. The van der Waals surface area contributed by atoms with E-state index >= 15 is 0 Å². The van der Waals surface area contributed by atoms with Crippen molar-refractivity contribution < 1.29 is 24.4 Å². The van der Waals surface area contributed by atoms with Crippen LogP contribution in [0.3, 0.4) is 0 Å². The first-order valence-electron chi connectivity index (χ1n) is 12.2. The standard InChI is InChI=1S/C25H42N2O5.2ClH/c1-18(2)26-15-21(29)17-32-24-9-8-19(14-25(24)30-3)11-13-31-23-7-5-4-6-22(23)27-12-10-20(28)16-27;;/h8-9,14,18,20-23,26,28-29H,4-7,10-13,15-17H2,1-3H3;2*1H/t20-,21?,22-,23-;;/m0../s1. The second kappa shape index (κ2) is 16.0. The largest absolute Gasteiger partial charge is 0.493 e. The lowest BCUT2D eigenvalue weighted by atomic mass is 9.91. The van der Waals surface area contributed by atoms with Crippen LogP contribution in [0.25, 0.3) is 0 Å². The van der Waals surface area contributed by atoms with Crippen LogP contribution in [-0.4, -0.2) is 85.5 Å². The van der Waals surface area contributed by atoms with Crippen LogP contribution >= 0.6 is 24.8 Å². The highest BCUT2D eigenvalue weighted by Gasteiger charge is 2.34. The van der Waals surface area contributed by atoms with Crippen LogP contribution in [-0.2, 0) is 11.2 Å². The van der Waals surface area contributed by atoms with Gasteiger partial charge in [0.05, 0.1) is 25.9 Å². The number of likely N-dealkylation sites (tertiary alicyclic amines) is 1. The first kappa shape index (κ1) is 31.2. The van der Waals surface area contributed by atoms with Crippen LogP contribution in [0.5, 0.6) is 11.5 Å². The Kier molecular flexibility index (Phi) is 14.7. The first-order valence-corrected chi connectivity index (χ1v) is 12.2. The van der Waals surface area contributed by atoms with E-state index in [0.717, 1.165) is 44.3 Å². The Bertz CT molecular complexity index is 697. The van der Waals surface area contributed by atoms with Gasteiger partial charge in [0.1, 0.15) is 12.7 Å². The molecular formula is C25H44Cl2N2O5. The highest BCUT2D eigenvalue weighted by Crippen LogP contribution is 2.30. The molecule has 1 saturated heterocycles. The molecule has 1 aromatic carbocycles. The third-order valence-corrected chi connectivity index (χ3v) is 6.48. The lowest BCUT2D eigenvalue weighted by molar-refractivity contribution is -0.0316. The molecule has 2 aliphatic rings. The van der Waals surface area contributed by atoms with Crippen molar-refractivity contribution in [1.82, 2.24) is 10.2 Å². The van der Waals surface area contributed by atoms with Crippen molar-refractivity contribution in [1.29, 1.82) is 0 Å². The number of hydrogen-bond donors (Lipinski definition) is 3. The Hall–Kier alpha value is -0.800. The SMILES string of the molecule is COc1cc(CCO[C@H]2CCCC[C@@H]2N2CC[C@H](O)C2)ccc1OCC(O)CNC(C)C.Cl.Cl. The van der Waals surface area contributed by atoms with E-state index in [2.05, 4.69) is 10.2 Å². The number of hydrogen-bond acceptors (Lipinski definition) is 7. The molecule has 34 heavy (non-hydrogen) atoms. The molecular weight excluding hydrogens is 479 g/mol. The second-order valence-corrected chi connectivity index (χ2v) is 9.46. The number of aliphatic hydroxyl groups is 2. The smallest absolute Gasteiger partial charge is 0.161 e. The molecule has 9 heteroatoms. The number of aliphatic hydroxyl groups excluding tert-OH is 2. The topological polar surface area (TPSA) is 83.4 Å². The summed E-state index contributed by atoms with van der Waals surface area (Å²) in [6.45, 7) is 7.23. The maximum Gasteiger partial charge on any atom is 0.161 e. The average molecular weight is 524 g/mol. The molecule has 0 spiro atoms. The summed E-state index contributed by atoms with van der Waals surface area (Å²) in [7, 11) is 1.64.